The third-order valence-electron chi connectivity index (χ3n) is 5.72. The zero-order chi connectivity index (χ0) is 13.6. The summed E-state index contributed by atoms with van der Waals surface area (Å²) in [5, 5.41) is 3.39. The molecule has 4 aliphatic carbocycles. The largest absolute Gasteiger partial charge is 0.351 e. The van der Waals surface area contributed by atoms with Gasteiger partial charge in [-0.1, -0.05) is 13.8 Å². The zero-order valence-electron chi connectivity index (χ0n) is 12.3. The summed E-state index contributed by atoms with van der Waals surface area (Å²) in [6.45, 7) is 4.17. The van der Waals surface area contributed by atoms with Crippen molar-refractivity contribution in [1.82, 2.24) is 5.32 Å². The van der Waals surface area contributed by atoms with Crippen LogP contribution in [0, 0.1) is 23.7 Å². The minimum atomic E-state index is -0.00564. The van der Waals surface area contributed by atoms with Crippen molar-refractivity contribution in [2.75, 3.05) is 0 Å². The Kier molecular flexibility index (Phi) is 3.36. The lowest BCUT2D eigenvalue weighted by Gasteiger charge is -2.57. The van der Waals surface area contributed by atoms with Crippen molar-refractivity contribution in [2.24, 2.45) is 29.4 Å². The molecule has 0 aromatic carbocycles. The fourth-order valence-electron chi connectivity index (χ4n) is 5.06. The number of carbonyl (C=O) groups excluding carboxylic acids is 1. The topological polar surface area (TPSA) is 55.1 Å². The minimum Gasteiger partial charge on any atom is -0.351 e. The summed E-state index contributed by atoms with van der Waals surface area (Å²) in [4.78, 5) is 12.3. The van der Waals surface area contributed by atoms with Crippen molar-refractivity contribution in [2.45, 2.75) is 70.4 Å². The quantitative estimate of drug-likeness (QED) is 0.819. The summed E-state index contributed by atoms with van der Waals surface area (Å²) in [5.41, 5.74) is 6.17. The van der Waals surface area contributed by atoms with E-state index in [1.807, 2.05) is 0 Å². The molecule has 3 nitrogen and oxygen atoms in total. The fourth-order valence-corrected chi connectivity index (χ4v) is 5.06. The number of nitrogens with one attached hydrogen (secondary N) is 1. The molecule has 3 heteroatoms. The molecule has 0 aromatic heterocycles. The van der Waals surface area contributed by atoms with Gasteiger partial charge in [0.15, 0.2) is 0 Å². The van der Waals surface area contributed by atoms with Crippen molar-refractivity contribution in [3.05, 3.63) is 0 Å². The Bertz CT molecular complexity index is 328. The van der Waals surface area contributed by atoms with Gasteiger partial charge in [-0.3, -0.25) is 4.79 Å². The van der Waals surface area contributed by atoms with E-state index in [-0.39, 0.29) is 17.5 Å². The molecular formula is C16H28N2O. The van der Waals surface area contributed by atoms with E-state index >= 15 is 0 Å². The fraction of sp³-hybridized carbons (Fsp3) is 0.938. The molecule has 1 amide bonds. The molecule has 4 bridgehead atoms. The molecule has 4 saturated carbocycles. The van der Waals surface area contributed by atoms with Crippen LogP contribution in [0.5, 0.6) is 0 Å². The summed E-state index contributed by atoms with van der Waals surface area (Å²) in [7, 11) is 0. The third kappa shape index (κ3) is 2.67. The second kappa shape index (κ2) is 4.76. The molecule has 4 aliphatic rings. The molecule has 0 radical (unpaired) electrons. The highest BCUT2D eigenvalue weighted by Crippen LogP contribution is 2.55. The first-order valence-electron chi connectivity index (χ1n) is 8.02. The van der Waals surface area contributed by atoms with Gasteiger partial charge < -0.3 is 11.1 Å². The highest BCUT2D eigenvalue weighted by molar-refractivity contribution is 5.77. The van der Waals surface area contributed by atoms with Crippen molar-refractivity contribution >= 4 is 5.91 Å². The second-order valence-corrected chi connectivity index (χ2v) is 7.86. The molecule has 4 rings (SSSR count). The van der Waals surface area contributed by atoms with Crippen LogP contribution in [0.3, 0.4) is 0 Å². The van der Waals surface area contributed by atoms with Gasteiger partial charge in [0.25, 0.3) is 0 Å². The molecule has 3 N–H and O–H groups in total. The first-order valence-corrected chi connectivity index (χ1v) is 8.02. The first-order chi connectivity index (χ1) is 8.96. The van der Waals surface area contributed by atoms with Crippen LogP contribution in [0.2, 0.25) is 0 Å². The molecular weight excluding hydrogens is 236 g/mol. The standard InChI is InChI=1S/C16H28N2O/c1-10(2)14(17)6-15(19)18-16-7-11-3-12(8-16)5-13(4-11)9-16/h10-14H,3-9,17H2,1-2H3,(H,18,19). The molecule has 4 fully saturated rings. The normalized spacial score (nSPS) is 41.6. The second-order valence-electron chi connectivity index (χ2n) is 7.86. The molecule has 0 aliphatic heterocycles. The minimum absolute atomic E-state index is 0.00564. The van der Waals surface area contributed by atoms with Gasteiger partial charge in [-0.15, -0.1) is 0 Å². The van der Waals surface area contributed by atoms with E-state index in [2.05, 4.69) is 19.2 Å². The van der Waals surface area contributed by atoms with Crippen LogP contribution < -0.4 is 11.1 Å². The maximum absolute atomic E-state index is 12.3. The Morgan fingerprint density at radius 2 is 1.63 bits per heavy atom. The maximum Gasteiger partial charge on any atom is 0.221 e. The molecule has 1 unspecified atom stereocenters. The van der Waals surface area contributed by atoms with Crippen LogP contribution in [-0.2, 0) is 4.79 Å². The lowest BCUT2D eigenvalue weighted by atomic mass is 9.53. The van der Waals surface area contributed by atoms with Gasteiger partial charge in [0, 0.05) is 18.0 Å². The predicted molar refractivity (Wildman–Crippen MR) is 76.5 cm³/mol. The van der Waals surface area contributed by atoms with Gasteiger partial charge in [-0.2, -0.15) is 0 Å². The van der Waals surface area contributed by atoms with E-state index in [4.69, 9.17) is 5.73 Å². The van der Waals surface area contributed by atoms with E-state index < -0.39 is 0 Å². The van der Waals surface area contributed by atoms with Crippen LogP contribution >= 0.6 is 0 Å². The van der Waals surface area contributed by atoms with Gasteiger partial charge in [-0.05, 0) is 62.2 Å². The summed E-state index contributed by atoms with van der Waals surface area (Å²) in [6.07, 6.45) is 8.41. The SMILES string of the molecule is CC(C)C(N)CC(=O)NC12CC3CC(CC(C3)C1)C2. The zero-order valence-corrected chi connectivity index (χ0v) is 12.3. The molecule has 0 aromatic rings. The average molecular weight is 264 g/mol. The maximum atomic E-state index is 12.3. The molecule has 0 saturated heterocycles. The van der Waals surface area contributed by atoms with E-state index in [1.165, 1.54) is 38.5 Å². The first kappa shape index (κ1) is 13.4. The Labute approximate surface area is 116 Å². The molecule has 0 heterocycles. The number of carbonyl (C=O) groups is 1. The number of hydrogen-bond donors (Lipinski definition) is 2. The van der Waals surface area contributed by atoms with Gasteiger partial charge >= 0.3 is 0 Å². The van der Waals surface area contributed by atoms with Crippen LogP contribution in [0.1, 0.15) is 58.8 Å². The smallest absolute Gasteiger partial charge is 0.221 e. The summed E-state index contributed by atoms with van der Waals surface area (Å²) < 4.78 is 0. The lowest BCUT2D eigenvalue weighted by Crippen LogP contribution is -2.60. The van der Waals surface area contributed by atoms with E-state index in [1.54, 1.807) is 0 Å². The Morgan fingerprint density at radius 3 is 2.05 bits per heavy atom. The van der Waals surface area contributed by atoms with Crippen LogP contribution in [0.4, 0.5) is 0 Å². The molecule has 0 spiro atoms. The van der Waals surface area contributed by atoms with Gasteiger partial charge in [0.1, 0.15) is 0 Å². The molecule has 19 heavy (non-hydrogen) atoms. The number of rotatable bonds is 4. The molecule has 1 atom stereocenters. The van der Waals surface area contributed by atoms with Gasteiger partial charge in [-0.25, -0.2) is 0 Å². The van der Waals surface area contributed by atoms with Crippen molar-refractivity contribution in [1.29, 1.82) is 0 Å². The van der Waals surface area contributed by atoms with Gasteiger partial charge in [0.05, 0.1) is 0 Å². The number of hydrogen-bond acceptors (Lipinski definition) is 2. The summed E-state index contributed by atoms with van der Waals surface area (Å²) in [5.74, 6) is 3.20. The summed E-state index contributed by atoms with van der Waals surface area (Å²) in [6, 6.07) is -0.00564. The third-order valence-corrected chi connectivity index (χ3v) is 5.72. The number of nitrogens with two attached hydrogens (primary N) is 1. The Hall–Kier alpha value is -0.570. The monoisotopic (exact) mass is 264 g/mol. The summed E-state index contributed by atoms with van der Waals surface area (Å²) >= 11 is 0. The van der Waals surface area contributed by atoms with E-state index in [0.29, 0.717) is 12.3 Å². The van der Waals surface area contributed by atoms with Crippen molar-refractivity contribution in [3.63, 3.8) is 0 Å². The van der Waals surface area contributed by atoms with Crippen molar-refractivity contribution < 1.29 is 4.79 Å². The van der Waals surface area contributed by atoms with E-state index in [9.17, 15) is 4.79 Å². The number of amides is 1. The predicted octanol–water partition coefficient (Wildman–Crippen LogP) is 2.44. The lowest BCUT2D eigenvalue weighted by molar-refractivity contribution is -0.127. The Balaban J connectivity index is 1.61. The van der Waals surface area contributed by atoms with Gasteiger partial charge in [0.2, 0.25) is 5.91 Å². The van der Waals surface area contributed by atoms with Crippen LogP contribution in [0.25, 0.3) is 0 Å². The highest BCUT2D eigenvalue weighted by atomic mass is 16.1. The Morgan fingerprint density at radius 1 is 1.16 bits per heavy atom. The van der Waals surface area contributed by atoms with Crippen LogP contribution in [-0.4, -0.2) is 17.5 Å². The van der Waals surface area contributed by atoms with Crippen LogP contribution in [0.15, 0.2) is 0 Å². The molecule has 108 valence electrons. The van der Waals surface area contributed by atoms with Crippen molar-refractivity contribution in [3.8, 4) is 0 Å². The van der Waals surface area contributed by atoms with E-state index in [0.717, 1.165) is 17.8 Å². The average Bonchev–Trinajstić information content (AvgIpc) is 2.25. The highest BCUT2D eigenvalue weighted by Gasteiger charge is 2.51.